The van der Waals surface area contributed by atoms with E-state index in [-0.39, 0.29) is 5.91 Å². The number of likely N-dealkylation sites (N-methyl/N-ethyl adjacent to an activating group) is 2. The van der Waals surface area contributed by atoms with Crippen LogP contribution in [0.1, 0.15) is 11.6 Å². The number of carbonyl (C=O) groups is 1. The zero-order valence-electron chi connectivity index (χ0n) is 12.4. The van der Waals surface area contributed by atoms with E-state index in [0.717, 1.165) is 25.2 Å². The molecule has 1 aromatic rings. The van der Waals surface area contributed by atoms with Crippen molar-refractivity contribution in [1.29, 1.82) is 0 Å². The second-order valence-electron chi connectivity index (χ2n) is 5.57. The Morgan fingerprint density at radius 1 is 1.50 bits per heavy atom. The van der Waals surface area contributed by atoms with E-state index in [1.54, 1.807) is 24.1 Å². The molecular formula is C13H24N6O. The van der Waals surface area contributed by atoms with Gasteiger partial charge in [-0.3, -0.25) is 14.4 Å². The number of hydrogen-bond acceptors (Lipinski definition) is 5. The van der Waals surface area contributed by atoms with Crippen LogP contribution >= 0.6 is 0 Å². The van der Waals surface area contributed by atoms with Gasteiger partial charge in [-0.05, 0) is 14.1 Å². The maximum Gasteiger partial charge on any atom is 0.241 e. The van der Waals surface area contributed by atoms with E-state index in [4.69, 9.17) is 5.73 Å². The van der Waals surface area contributed by atoms with Crippen LogP contribution in [-0.2, 0) is 11.8 Å². The minimum Gasteiger partial charge on any atom is -0.353 e. The van der Waals surface area contributed by atoms with Gasteiger partial charge in [0.25, 0.3) is 0 Å². The molecule has 0 spiro atoms. The summed E-state index contributed by atoms with van der Waals surface area (Å²) in [5.74, 6) is -0.153. The molecule has 7 heteroatoms. The van der Waals surface area contributed by atoms with Crippen LogP contribution < -0.4 is 11.1 Å². The lowest BCUT2D eigenvalue weighted by Crippen LogP contribution is -2.54. The SMILES string of the molecule is CN1CCN(C)C(CNC(=O)C(N)c2cnn(C)c2)C1. The first kappa shape index (κ1) is 15.0. The first-order chi connectivity index (χ1) is 9.47. The number of hydrogen-bond donors (Lipinski definition) is 2. The number of amides is 1. The van der Waals surface area contributed by atoms with Crippen LogP contribution in [0.15, 0.2) is 12.4 Å². The molecule has 2 atom stereocenters. The average molecular weight is 280 g/mol. The monoisotopic (exact) mass is 280 g/mol. The Bertz CT molecular complexity index is 459. The average Bonchev–Trinajstić information content (AvgIpc) is 2.85. The number of nitrogens with zero attached hydrogens (tertiary/aromatic N) is 4. The summed E-state index contributed by atoms with van der Waals surface area (Å²) in [6, 6.07) is -0.325. The Morgan fingerprint density at radius 2 is 2.25 bits per heavy atom. The summed E-state index contributed by atoms with van der Waals surface area (Å²) in [7, 11) is 6.00. The highest BCUT2D eigenvalue weighted by atomic mass is 16.2. The molecule has 20 heavy (non-hydrogen) atoms. The zero-order chi connectivity index (χ0) is 14.7. The lowest BCUT2D eigenvalue weighted by Gasteiger charge is -2.37. The van der Waals surface area contributed by atoms with E-state index in [1.165, 1.54) is 0 Å². The molecule has 0 saturated carbocycles. The second-order valence-corrected chi connectivity index (χ2v) is 5.57. The first-order valence-corrected chi connectivity index (χ1v) is 6.88. The number of piperazine rings is 1. The molecule has 1 fully saturated rings. The van der Waals surface area contributed by atoms with Crippen molar-refractivity contribution < 1.29 is 4.79 Å². The minimum atomic E-state index is -0.657. The van der Waals surface area contributed by atoms with Gasteiger partial charge >= 0.3 is 0 Å². The molecule has 7 nitrogen and oxygen atoms in total. The Labute approximate surface area is 119 Å². The molecule has 2 unspecified atom stereocenters. The Balaban J connectivity index is 1.85. The third kappa shape index (κ3) is 3.56. The zero-order valence-corrected chi connectivity index (χ0v) is 12.4. The highest BCUT2D eigenvalue weighted by Crippen LogP contribution is 2.09. The Kier molecular flexibility index (Phi) is 4.74. The normalized spacial score (nSPS) is 22.7. The summed E-state index contributed by atoms with van der Waals surface area (Å²) in [6.45, 7) is 3.66. The number of aromatic nitrogens is 2. The van der Waals surface area contributed by atoms with Crippen molar-refractivity contribution in [3.05, 3.63) is 18.0 Å². The summed E-state index contributed by atoms with van der Waals surface area (Å²) in [5, 5.41) is 6.98. The number of nitrogens with one attached hydrogen (secondary N) is 1. The maximum absolute atomic E-state index is 12.1. The smallest absolute Gasteiger partial charge is 0.241 e. The van der Waals surface area contributed by atoms with Crippen molar-refractivity contribution in [2.75, 3.05) is 40.3 Å². The van der Waals surface area contributed by atoms with Gasteiger partial charge in [-0.15, -0.1) is 0 Å². The van der Waals surface area contributed by atoms with Crippen LogP contribution in [0, 0.1) is 0 Å². The van der Waals surface area contributed by atoms with Gasteiger partial charge in [0.1, 0.15) is 6.04 Å². The molecule has 2 heterocycles. The van der Waals surface area contributed by atoms with Crippen molar-refractivity contribution in [3.63, 3.8) is 0 Å². The second kappa shape index (κ2) is 6.34. The lowest BCUT2D eigenvalue weighted by molar-refractivity contribution is -0.122. The van der Waals surface area contributed by atoms with Crippen LogP contribution in [0.5, 0.6) is 0 Å². The van der Waals surface area contributed by atoms with E-state index < -0.39 is 6.04 Å². The molecule has 3 N–H and O–H groups in total. The molecule has 0 aliphatic carbocycles. The van der Waals surface area contributed by atoms with Crippen molar-refractivity contribution in [2.45, 2.75) is 12.1 Å². The molecule has 112 valence electrons. The Hall–Kier alpha value is -1.44. The van der Waals surface area contributed by atoms with E-state index >= 15 is 0 Å². The van der Waals surface area contributed by atoms with Crippen molar-refractivity contribution >= 4 is 5.91 Å². The van der Waals surface area contributed by atoms with Crippen molar-refractivity contribution in [3.8, 4) is 0 Å². The molecular weight excluding hydrogens is 256 g/mol. The third-order valence-corrected chi connectivity index (χ3v) is 3.86. The highest BCUT2D eigenvalue weighted by molar-refractivity contribution is 5.82. The molecule has 0 bridgehead atoms. The van der Waals surface area contributed by atoms with Crippen molar-refractivity contribution in [2.24, 2.45) is 12.8 Å². The molecule has 0 aromatic carbocycles. The van der Waals surface area contributed by atoms with Gasteiger partial charge in [0.2, 0.25) is 5.91 Å². The molecule has 1 saturated heterocycles. The summed E-state index contributed by atoms with van der Waals surface area (Å²) in [6.07, 6.45) is 3.40. The van der Waals surface area contributed by atoms with Gasteiger partial charge in [-0.2, -0.15) is 5.10 Å². The predicted octanol–water partition coefficient (Wildman–Crippen LogP) is -1.22. The maximum atomic E-state index is 12.1. The first-order valence-electron chi connectivity index (χ1n) is 6.88. The van der Waals surface area contributed by atoms with E-state index in [9.17, 15) is 4.79 Å². The van der Waals surface area contributed by atoms with Gasteiger partial charge in [0.05, 0.1) is 6.20 Å². The van der Waals surface area contributed by atoms with Crippen LogP contribution in [0.4, 0.5) is 0 Å². The van der Waals surface area contributed by atoms with Gasteiger partial charge in [-0.25, -0.2) is 0 Å². The molecule has 1 aliphatic rings. The fraction of sp³-hybridized carbons (Fsp3) is 0.692. The molecule has 1 amide bonds. The largest absolute Gasteiger partial charge is 0.353 e. The van der Waals surface area contributed by atoms with E-state index in [1.807, 2.05) is 0 Å². The van der Waals surface area contributed by atoms with Crippen LogP contribution in [0.25, 0.3) is 0 Å². The van der Waals surface area contributed by atoms with Crippen LogP contribution in [0.2, 0.25) is 0 Å². The number of aryl methyl sites for hydroxylation is 1. The molecule has 1 aliphatic heterocycles. The fourth-order valence-corrected chi connectivity index (χ4v) is 2.40. The summed E-state index contributed by atoms with van der Waals surface area (Å²) < 4.78 is 1.65. The van der Waals surface area contributed by atoms with Gasteiger partial charge < -0.3 is 16.0 Å². The fourth-order valence-electron chi connectivity index (χ4n) is 2.40. The van der Waals surface area contributed by atoms with Crippen molar-refractivity contribution in [1.82, 2.24) is 24.9 Å². The van der Waals surface area contributed by atoms with Crippen LogP contribution in [-0.4, -0.2) is 71.8 Å². The Morgan fingerprint density at radius 3 is 2.90 bits per heavy atom. The molecule has 1 aromatic heterocycles. The number of rotatable bonds is 4. The summed E-state index contributed by atoms with van der Waals surface area (Å²) >= 11 is 0. The van der Waals surface area contributed by atoms with E-state index in [2.05, 4.69) is 34.3 Å². The predicted molar refractivity (Wildman–Crippen MR) is 77.1 cm³/mol. The summed E-state index contributed by atoms with van der Waals surface area (Å²) in [5.41, 5.74) is 6.68. The topological polar surface area (TPSA) is 79.4 Å². The number of carbonyl (C=O) groups excluding carboxylic acids is 1. The van der Waals surface area contributed by atoms with Gasteiger partial charge in [0.15, 0.2) is 0 Å². The molecule has 2 rings (SSSR count). The summed E-state index contributed by atoms with van der Waals surface area (Å²) in [4.78, 5) is 16.6. The third-order valence-electron chi connectivity index (χ3n) is 3.86. The standard InChI is InChI=1S/C13H24N6O/c1-17-4-5-18(2)11(9-17)7-15-13(20)12(14)10-6-16-19(3)8-10/h6,8,11-12H,4-5,7,9,14H2,1-3H3,(H,15,20). The van der Waals surface area contributed by atoms with Gasteiger partial charge in [-0.1, -0.05) is 0 Å². The minimum absolute atomic E-state index is 0.153. The number of nitrogens with two attached hydrogens (primary N) is 1. The quantitative estimate of drug-likeness (QED) is 0.723. The van der Waals surface area contributed by atoms with Crippen LogP contribution in [0.3, 0.4) is 0 Å². The molecule has 0 radical (unpaired) electrons. The van der Waals surface area contributed by atoms with Gasteiger partial charge in [0, 0.05) is 51.0 Å². The lowest BCUT2D eigenvalue weighted by atomic mass is 10.1. The highest BCUT2D eigenvalue weighted by Gasteiger charge is 2.24. The van der Waals surface area contributed by atoms with E-state index in [0.29, 0.717) is 12.6 Å².